The second kappa shape index (κ2) is 6.36. The van der Waals surface area contributed by atoms with Gasteiger partial charge in [-0.2, -0.15) is 0 Å². The zero-order valence-electron chi connectivity index (χ0n) is 11.4. The first-order valence-corrected chi connectivity index (χ1v) is 6.82. The van der Waals surface area contributed by atoms with Crippen LogP contribution in [0.3, 0.4) is 0 Å². The zero-order valence-corrected chi connectivity index (χ0v) is 11.4. The van der Waals surface area contributed by atoms with Crippen molar-refractivity contribution >= 4 is 0 Å². The first-order valence-electron chi connectivity index (χ1n) is 6.82. The molecule has 1 aliphatic rings. The van der Waals surface area contributed by atoms with Gasteiger partial charge in [-0.25, -0.2) is 0 Å². The molecule has 0 spiro atoms. The minimum Gasteiger partial charge on any atom is -0.468 e. The number of nitrogens with zero attached hydrogens (tertiary/aromatic N) is 2. The predicted molar refractivity (Wildman–Crippen MR) is 71.3 cm³/mol. The van der Waals surface area contributed by atoms with Crippen LogP contribution in [-0.4, -0.2) is 53.2 Å². The Kier molecular flexibility index (Phi) is 4.80. The fourth-order valence-electron chi connectivity index (χ4n) is 2.79. The molecule has 1 N–H and O–H groups in total. The lowest BCUT2D eigenvalue weighted by Gasteiger charge is -2.43. The summed E-state index contributed by atoms with van der Waals surface area (Å²) >= 11 is 0. The van der Waals surface area contributed by atoms with Crippen molar-refractivity contribution in [1.82, 2.24) is 9.80 Å². The molecule has 1 unspecified atom stereocenters. The molecular formula is C14H24N2O2. The van der Waals surface area contributed by atoms with Gasteiger partial charge in [0.25, 0.3) is 0 Å². The van der Waals surface area contributed by atoms with Crippen LogP contribution in [0, 0.1) is 0 Å². The Labute approximate surface area is 109 Å². The fraction of sp³-hybridized carbons (Fsp3) is 0.714. The maximum Gasteiger partial charge on any atom is 0.117 e. The molecule has 102 valence electrons. The minimum absolute atomic E-state index is 0.266. The van der Waals surface area contributed by atoms with E-state index in [1.54, 1.807) is 6.26 Å². The molecule has 0 amide bonds. The first-order chi connectivity index (χ1) is 8.70. The molecule has 0 aliphatic carbocycles. The van der Waals surface area contributed by atoms with Gasteiger partial charge >= 0.3 is 0 Å². The third-order valence-corrected chi connectivity index (χ3v) is 3.70. The summed E-state index contributed by atoms with van der Waals surface area (Å²) in [4.78, 5) is 4.91. The van der Waals surface area contributed by atoms with Gasteiger partial charge in [-0.3, -0.25) is 9.80 Å². The highest BCUT2D eigenvalue weighted by atomic mass is 16.3. The summed E-state index contributed by atoms with van der Waals surface area (Å²) in [5.41, 5.74) is 0. The van der Waals surface area contributed by atoms with E-state index in [1.807, 2.05) is 12.1 Å². The molecule has 1 saturated heterocycles. The summed E-state index contributed by atoms with van der Waals surface area (Å²) in [6, 6.07) is 4.96. The van der Waals surface area contributed by atoms with Gasteiger partial charge in [-0.05, 0) is 32.4 Å². The van der Waals surface area contributed by atoms with E-state index in [4.69, 9.17) is 4.42 Å². The molecule has 4 heteroatoms. The molecule has 4 nitrogen and oxygen atoms in total. The first kappa shape index (κ1) is 13.6. The lowest BCUT2D eigenvalue weighted by Crippen LogP contribution is -2.55. The van der Waals surface area contributed by atoms with Gasteiger partial charge in [0.05, 0.1) is 12.8 Å². The predicted octanol–water partition coefficient (Wildman–Crippen LogP) is 1.56. The standard InChI is InChI=1S/C14H24N2O2/c1-12(2)16-7-6-15(10-13(16)5-8-17)11-14-4-3-9-18-14/h3-4,9,12-13,17H,5-8,10-11H2,1-2H3. The van der Waals surface area contributed by atoms with Crippen molar-refractivity contribution in [3.05, 3.63) is 24.2 Å². The molecule has 1 aliphatic heterocycles. The summed E-state index contributed by atoms with van der Waals surface area (Å²) in [5.74, 6) is 1.02. The van der Waals surface area contributed by atoms with Crippen LogP contribution in [-0.2, 0) is 6.54 Å². The molecule has 0 aromatic carbocycles. The Balaban J connectivity index is 1.92. The maximum atomic E-state index is 9.20. The van der Waals surface area contributed by atoms with Gasteiger partial charge in [-0.1, -0.05) is 0 Å². The molecule has 0 bridgehead atoms. The van der Waals surface area contributed by atoms with Gasteiger partial charge in [0.1, 0.15) is 5.76 Å². The van der Waals surface area contributed by atoms with Gasteiger partial charge in [0.2, 0.25) is 0 Å². The average Bonchev–Trinajstić information content (AvgIpc) is 2.82. The monoisotopic (exact) mass is 252 g/mol. The molecule has 1 atom stereocenters. The van der Waals surface area contributed by atoms with Crippen LogP contribution in [0.25, 0.3) is 0 Å². The summed E-state index contributed by atoms with van der Waals surface area (Å²) in [7, 11) is 0. The lowest BCUT2D eigenvalue weighted by molar-refractivity contribution is 0.0323. The largest absolute Gasteiger partial charge is 0.468 e. The molecule has 2 rings (SSSR count). The Morgan fingerprint density at radius 1 is 1.44 bits per heavy atom. The van der Waals surface area contributed by atoms with E-state index >= 15 is 0 Å². The quantitative estimate of drug-likeness (QED) is 0.863. The number of furan rings is 1. The van der Waals surface area contributed by atoms with E-state index in [2.05, 4.69) is 23.6 Å². The van der Waals surface area contributed by atoms with Crippen molar-refractivity contribution in [1.29, 1.82) is 0 Å². The number of rotatable bonds is 5. The highest BCUT2D eigenvalue weighted by Gasteiger charge is 2.28. The van der Waals surface area contributed by atoms with Crippen molar-refractivity contribution in [2.24, 2.45) is 0 Å². The molecule has 0 saturated carbocycles. The SMILES string of the molecule is CC(C)N1CCN(Cc2ccco2)CC1CCO. The Morgan fingerprint density at radius 3 is 2.89 bits per heavy atom. The number of piperazine rings is 1. The zero-order chi connectivity index (χ0) is 13.0. The number of hydrogen-bond acceptors (Lipinski definition) is 4. The van der Waals surface area contributed by atoms with Crippen molar-refractivity contribution < 1.29 is 9.52 Å². The normalized spacial score (nSPS) is 22.8. The van der Waals surface area contributed by atoms with Crippen molar-refractivity contribution in [3.8, 4) is 0 Å². The molecular weight excluding hydrogens is 228 g/mol. The third kappa shape index (κ3) is 3.34. The maximum absolute atomic E-state index is 9.20. The Hall–Kier alpha value is -0.840. The topological polar surface area (TPSA) is 39.9 Å². The molecule has 0 radical (unpaired) electrons. The number of hydrogen-bond donors (Lipinski definition) is 1. The summed E-state index contributed by atoms with van der Waals surface area (Å²) in [5, 5.41) is 9.20. The van der Waals surface area contributed by atoms with Crippen LogP contribution in [0.4, 0.5) is 0 Å². The highest BCUT2D eigenvalue weighted by Crippen LogP contribution is 2.18. The Morgan fingerprint density at radius 2 is 2.28 bits per heavy atom. The summed E-state index contributed by atoms with van der Waals surface area (Å²) in [6.45, 7) is 8.76. The molecule has 2 heterocycles. The van der Waals surface area contributed by atoms with Crippen LogP contribution in [0.5, 0.6) is 0 Å². The third-order valence-electron chi connectivity index (χ3n) is 3.70. The van der Waals surface area contributed by atoms with E-state index in [0.717, 1.165) is 38.4 Å². The second-order valence-corrected chi connectivity index (χ2v) is 5.31. The number of aliphatic hydroxyl groups excluding tert-OH is 1. The summed E-state index contributed by atoms with van der Waals surface area (Å²) in [6.07, 6.45) is 2.58. The smallest absolute Gasteiger partial charge is 0.117 e. The Bertz CT molecular complexity index is 338. The van der Waals surface area contributed by atoms with Crippen LogP contribution in [0.1, 0.15) is 26.0 Å². The van der Waals surface area contributed by atoms with Gasteiger partial charge in [0.15, 0.2) is 0 Å². The van der Waals surface area contributed by atoms with Crippen molar-refractivity contribution in [2.45, 2.75) is 38.9 Å². The molecule has 18 heavy (non-hydrogen) atoms. The van der Waals surface area contributed by atoms with Crippen LogP contribution < -0.4 is 0 Å². The molecule has 1 fully saturated rings. The van der Waals surface area contributed by atoms with E-state index < -0.39 is 0 Å². The van der Waals surface area contributed by atoms with E-state index in [1.165, 1.54) is 0 Å². The van der Waals surface area contributed by atoms with Gasteiger partial charge < -0.3 is 9.52 Å². The van der Waals surface area contributed by atoms with E-state index in [0.29, 0.717) is 12.1 Å². The molecule has 1 aromatic heterocycles. The minimum atomic E-state index is 0.266. The number of aliphatic hydroxyl groups is 1. The van der Waals surface area contributed by atoms with E-state index in [-0.39, 0.29) is 6.61 Å². The summed E-state index contributed by atoms with van der Waals surface area (Å²) < 4.78 is 5.40. The lowest BCUT2D eigenvalue weighted by atomic mass is 10.1. The average molecular weight is 252 g/mol. The second-order valence-electron chi connectivity index (χ2n) is 5.31. The van der Waals surface area contributed by atoms with Crippen molar-refractivity contribution in [2.75, 3.05) is 26.2 Å². The van der Waals surface area contributed by atoms with Crippen molar-refractivity contribution in [3.63, 3.8) is 0 Å². The fourth-order valence-corrected chi connectivity index (χ4v) is 2.79. The van der Waals surface area contributed by atoms with Crippen LogP contribution in [0.15, 0.2) is 22.8 Å². The van der Waals surface area contributed by atoms with Crippen LogP contribution >= 0.6 is 0 Å². The van der Waals surface area contributed by atoms with Gasteiger partial charge in [-0.15, -0.1) is 0 Å². The highest BCUT2D eigenvalue weighted by molar-refractivity contribution is 4.99. The van der Waals surface area contributed by atoms with E-state index in [9.17, 15) is 5.11 Å². The van der Waals surface area contributed by atoms with Crippen LogP contribution in [0.2, 0.25) is 0 Å². The van der Waals surface area contributed by atoms with Gasteiger partial charge in [0, 0.05) is 38.3 Å². The molecule has 1 aromatic rings.